The standard InChI is InChI=1S/C14H23N3O/c1-2-14-11-16(7-8-17(14)5-1)6-4-15-10-13-3-9-18-12-13/h3,9,12,14-15H,1-2,4-8,10-11H2. The van der Waals surface area contributed by atoms with E-state index in [4.69, 9.17) is 4.42 Å². The van der Waals surface area contributed by atoms with Crippen LogP contribution in [0.4, 0.5) is 0 Å². The van der Waals surface area contributed by atoms with Gasteiger partial charge >= 0.3 is 0 Å². The van der Waals surface area contributed by atoms with Crippen LogP contribution in [0.25, 0.3) is 0 Å². The molecule has 1 atom stereocenters. The fourth-order valence-electron chi connectivity index (χ4n) is 3.12. The third kappa shape index (κ3) is 2.94. The maximum absolute atomic E-state index is 5.05. The van der Waals surface area contributed by atoms with Crippen molar-refractivity contribution in [3.05, 3.63) is 24.2 Å². The van der Waals surface area contributed by atoms with Crippen molar-refractivity contribution in [3.63, 3.8) is 0 Å². The Balaban J connectivity index is 1.34. The highest BCUT2D eigenvalue weighted by molar-refractivity contribution is 5.04. The van der Waals surface area contributed by atoms with Crippen molar-refractivity contribution in [2.45, 2.75) is 25.4 Å². The first-order valence-electron chi connectivity index (χ1n) is 7.10. The van der Waals surface area contributed by atoms with Gasteiger partial charge in [-0.2, -0.15) is 0 Å². The van der Waals surface area contributed by atoms with Gasteiger partial charge in [-0.1, -0.05) is 0 Å². The summed E-state index contributed by atoms with van der Waals surface area (Å²) in [4.78, 5) is 5.27. The van der Waals surface area contributed by atoms with Gasteiger partial charge in [-0.25, -0.2) is 0 Å². The molecule has 100 valence electrons. The SMILES string of the molecule is c1cc(CNCCN2CCN3CCCC3C2)co1. The Morgan fingerprint density at radius 2 is 2.33 bits per heavy atom. The lowest BCUT2D eigenvalue weighted by molar-refractivity contribution is 0.105. The molecule has 2 aliphatic rings. The lowest BCUT2D eigenvalue weighted by Gasteiger charge is -2.37. The van der Waals surface area contributed by atoms with Crippen LogP contribution >= 0.6 is 0 Å². The predicted octanol–water partition coefficient (Wildman–Crippen LogP) is 1.15. The minimum absolute atomic E-state index is 0.840. The Labute approximate surface area is 109 Å². The van der Waals surface area contributed by atoms with Gasteiger partial charge in [-0.3, -0.25) is 9.80 Å². The van der Waals surface area contributed by atoms with Crippen LogP contribution in [-0.4, -0.2) is 55.1 Å². The van der Waals surface area contributed by atoms with E-state index in [0.29, 0.717) is 0 Å². The number of rotatable bonds is 5. The third-order valence-corrected chi connectivity index (χ3v) is 4.19. The third-order valence-electron chi connectivity index (χ3n) is 4.19. The van der Waals surface area contributed by atoms with Crippen LogP contribution in [-0.2, 0) is 6.54 Å². The van der Waals surface area contributed by atoms with E-state index in [1.807, 2.05) is 12.3 Å². The molecular formula is C14H23N3O. The fraction of sp³-hybridized carbons (Fsp3) is 0.714. The van der Waals surface area contributed by atoms with E-state index < -0.39 is 0 Å². The first-order valence-corrected chi connectivity index (χ1v) is 7.10. The predicted molar refractivity (Wildman–Crippen MR) is 71.4 cm³/mol. The molecule has 0 radical (unpaired) electrons. The van der Waals surface area contributed by atoms with Crippen LogP contribution in [0.5, 0.6) is 0 Å². The number of fused-ring (bicyclic) bond motifs is 1. The van der Waals surface area contributed by atoms with Crippen LogP contribution in [0.3, 0.4) is 0 Å². The van der Waals surface area contributed by atoms with E-state index in [2.05, 4.69) is 15.1 Å². The first kappa shape index (κ1) is 12.2. The normalized spacial score (nSPS) is 25.4. The summed E-state index contributed by atoms with van der Waals surface area (Å²) in [6.45, 7) is 8.26. The summed E-state index contributed by atoms with van der Waals surface area (Å²) < 4.78 is 5.05. The highest BCUT2D eigenvalue weighted by Crippen LogP contribution is 2.20. The van der Waals surface area contributed by atoms with E-state index in [9.17, 15) is 0 Å². The quantitative estimate of drug-likeness (QED) is 0.793. The van der Waals surface area contributed by atoms with Gasteiger partial charge in [-0.05, 0) is 25.5 Å². The van der Waals surface area contributed by atoms with Crippen molar-refractivity contribution >= 4 is 0 Å². The summed E-state index contributed by atoms with van der Waals surface area (Å²) in [6, 6.07) is 2.86. The molecule has 3 rings (SSSR count). The fourth-order valence-corrected chi connectivity index (χ4v) is 3.12. The Hall–Kier alpha value is -0.840. The molecule has 0 spiro atoms. The second-order valence-electron chi connectivity index (χ2n) is 5.44. The van der Waals surface area contributed by atoms with Crippen molar-refractivity contribution in [2.24, 2.45) is 0 Å². The molecule has 1 unspecified atom stereocenters. The van der Waals surface area contributed by atoms with Gasteiger partial charge in [0.15, 0.2) is 0 Å². The van der Waals surface area contributed by atoms with Gasteiger partial charge in [0.1, 0.15) is 0 Å². The summed E-state index contributed by atoms with van der Waals surface area (Å²) >= 11 is 0. The minimum atomic E-state index is 0.840. The van der Waals surface area contributed by atoms with Crippen LogP contribution in [0.15, 0.2) is 23.0 Å². The Morgan fingerprint density at radius 1 is 1.33 bits per heavy atom. The largest absolute Gasteiger partial charge is 0.472 e. The van der Waals surface area contributed by atoms with Crippen molar-refractivity contribution < 1.29 is 4.42 Å². The molecule has 1 N–H and O–H groups in total. The van der Waals surface area contributed by atoms with Crippen molar-refractivity contribution in [3.8, 4) is 0 Å². The average molecular weight is 249 g/mol. The van der Waals surface area contributed by atoms with E-state index >= 15 is 0 Å². The van der Waals surface area contributed by atoms with E-state index in [0.717, 1.165) is 19.1 Å². The van der Waals surface area contributed by atoms with Gasteiger partial charge in [0.05, 0.1) is 12.5 Å². The monoisotopic (exact) mass is 249 g/mol. The first-order chi connectivity index (χ1) is 8.92. The summed E-state index contributed by atoms with van der Waals surface area (Å²) in [5, 5.41) is 3.48. The van der Waals surface area contributed by atoms with Gasteiger partial charge < -0.3 is 9.73 Å². The van der Waals surface area contributed by atoms with Crippen LogP contribution in [0.1, 0.15) is 18.4 Å². The van der Waals surface area contributed by atoms with Gasteiger partial charge in [0, 0.05) is 50.9 Å². The van der Waals surface area contributed by atoms with Crippen LogP contribution < -0.4 is 5.32 Å². The zero-order valence-electron chi connectivity index (χ0n) is 11.0. The smallest absolute Gasteiger partial charge is 0.0947 e. The molecule has 0 aromatic carbocycles. The topological polar surface area (TPSA) is 31.6 Å². The molecule has 4 heteroatoms. The second-order valence-corrected chi connectivity index (χ2v) is 5.44. The molecule has 4 nitrogen and oxygen atoms in total. The van der Waals surface area contributed by atoms with Gasteiger partial charge in [0.25, 0.3) is 0 Å². The number of nitrogens with zero attached hydrogens (tertiary/aromatic N) is 2. The highest BCUT2D eigenvalue weighted by atomic mass is 16.3. The summed E-state index contributed by atoms with van der Waals surface area (Å²) in [7, 11) is 0. The molecule has 2 aliphatic heterocycles. The van der Waals surface area contributed by atoms with Gasteiger partial charge in [0.2, 0.25) is 0 Å². The van der Waals surface area contributed by atoms with Crippen LogP contribution in [0, 0.1) is 0 Å². The minimum Gasteiger partial charge on any atom is -0.472 e. The molecule has 0 saturated carbocycles. The molecule has 2 fully saturated rings. The van der Waals surface area contributed by atoms with E-state index in [-0.39, 0.29) is 0 Å². The molecule has 18 heavy (non-hydrogen) atoms. The lowest BCUT2D eigenvalue weighted by atomic mass is 10.1. The van der Waals surface area contributed by atoms with Crippen molar-refractivity contribution in [1.82, 2.24) is 15.1 Å². The number of nitrogens with one attached hydrogen (secondary N) is 1. The summed E-state index contributed by atoms with van der Waals surface area (Å²) in [5.74, 6) is 0. The molecule has 1 aromatic heterocycles. The summed E-state index contributed by atoms with van der Waals surface area (Å²) in [5.41, 5.74) is 1.23. The van der Waals surface area contributed by atoms with Crippen LogP contribution in [0.2, 0.25) is 0 Å². The van der Waals surface area contributed by atoms with E-state index in [1.54, 1.807) is 6.26 Å². The molecule has 0 bridgehead atoms. The zero-order valence-corrected chi connectivity index (χ0v) is 11.0. The Bertz CT molecular complexity index is 352. The Kier molecular flexibility index (Phi) is 3.98. The number of hydrogen-bond donors (Lipinski definition) is 1. The van der Waals surface area contributed by atoms with E-state index in [1.165, 1.54) is 51.1 Å². The maximum atomic E-state index is 5.05. The zero-order chi connectivity index (χ0) is 12.2. The highest BCUT2D eigenvalue weighted by Gasteiger charge is 2.29. The molecule has 0 aliphatic carbocycles. The molecule has 0 amide bonds. The van der Waals surface area contributed by atoms with Crippen molar-refractivity contribution in [1.29, 1.82) is 0 Å². The maximum Gasteiger partial charge on any atom is 0.0947 e. The molecule has 3 heterocycles. The summed E-state index contributed by atoms with van der Waals surface area (Å²) in [6.07, 6.45) is 6.34. The molecular weight excluding hydrogens is 226 g/mol. The number of hydrogen-bond acceptors (Lipinski definition) is 4. The number of furan rings is 1. The second kappa shape index (κ2) is 5.87. The number of piperazine rings is 1. The lowest BCUT2D eigenvalue weighted by Crippen LogP contribution is -2.51. The molecule has 2 saturated heterocycles. The molecule has 1 aromatic rings. The Morgan fingerprint density at radius 3 is 3.22 bits per heavy atom. The van der Waals surface area contributed by atoms with Gasteiger partial charge in [-0.15, -0.1) is 0 Å². The average Bonchev–Trinajstić information content (AvgIpc) is 3.05. The van der Waals surface area contributed by atoms with Crippen molar-refractivity contribution in [2.75, 3.05) is 39.3 Å².